The first-order valence-electron chi connectivity index (χ1n) is 9.88. The van der Waals surface area contributed by atoms with Crippen LogP contribution in [0.15, 0.2) is 44.1 Å². The van der Waals surface area contributed by atoms with E-state index in [0.717, 1.165) is 0 Å². The summed E-state index contributed by atoms with van der Waals surface area (Å²) in [5.41, 5.74) is 0.534. The zero-order valence-corrected chi connectivity index (χ0v) is 17.9. The number of hydrogen-bond acceptors (Lipinski definition) is 8. The number of hydrogen-bond donors (Lipinski definition) is 1. The zero-order valence-electron chi connectivity index (χ0n) is 17.1. The Kier molecular flexibility index (Phi) is 5.52. The van der Waals surface area contributed by atoms with Gasteiger partial charge in [0.1, 0.15) is 10.7 Å². The summed E-state index contributed by atoms with van der Waals surface area (Å²) >= 11 is 0. The molecule has 11 heteroatoms. The van der Waals surface area contributed by atoms with Crippen LogP contribution in [0.3, 0.4) is 0 Å². The van der Waals surface area contributed by atoms with Crippen molar-refractivity contribution in [2.75, 3.05) is 18.4 Å². The number of sulfonamides is 1. The number of carbonyl (C=O) groups excluding carboxylic acids is 2. The van der Waals surface area contributed by atoms with E-state index >= 15 is 0 Å². The molecule has 2 aromatic rings. The number of rotatable bonds is 4. The van der Waals surface area contributed by atoms with Crippen LogP contribution < -0.4 is 5.32 Å². The second-order valence-electron chi connectivity index (χ2n) is 7.56. The molecule has 0 unspecified atom stereocenters. The van der Waals surface area contributed by atoms with Crippen LogP contribution in [0.4, 0.5) is 5.82 Å². The first kappa shape index (κ1) is 21.0. The Morgan fingerprint density at radius 3 is 2.84 bits per heavy atom. The van der Waals surface area contributed by atoms with Crippen LogP contribution in [0.25, 0.3) is 0 Å². The van der Waals surface area contributed by atoms with Crippen LogP contribution >= 0.6 is 0 Å². The lowest BCUT2D eigenvalue weighted by Crippen LogP contribution is -2.44. The van der Waals surface area contributed by atoms with Crippen LogP contribution in [0.5, 0.6) is 0 Å². The minimum Gasteiger partial charge on any atom is -0.452 e. The minimum absolute atomic E-state index is 0.170. The van der Waals surface area contributed by atoms with E-state index in [1.807, 2.05) is 0 Å². The van der Waals surface area contributed by atoms with Gasteiger partial charge in [0.05, 0.1) is 5.92 Å². The van der Waals surface area contributed by atoms with Crippen LogP contribution in [-0.2, 0) is 24.3 Å². The van der Waals surface area contributed by atoms with Gasteiger partial charge < -0.3 is 19.5 Å². The fourth-order valence-corrected chi connectivity index (χ4v) is 4.88. The molecule has 4 rings (SSSR count). The molecular formula is C20H22N4O6S. The van der Waals surface area contributed by atoms with E-state index in [4.69, 9.17) is 9.26 Å². The molecule has 0 saturated carbocycles. The van der Waals surface area contributed by atoms with Crippen LogP contribution in [0, 0.1) is 12.8 Å². The van der Waals surface area contributed by atoms with E-state index in [0.29, 0.717) is 36.5 Å². The van der Waals surface area contributed by atoms with Crippen molar-refractivity contribution >= 4 is 33.6 Å². The molecule has 1 aromatic carbocycles. The number of esters is 1. The number of amides is 1. The summed E-state index contributed by atoms with van der Waals surface area (Å²) in [5.74, 6) is -0.404. The second kappa shape index (κ2) is 8.14. The Morgan fingerprint density at radius 2 is 2.10 bits per heavy atom. The molecule has 164 valence electrons. The topological polar surface area (TPSA) is 131 Å². The Labute approximate surface area is 179 Å². The third kappa shape index (κ3) is 4.31. The third-order valence-electron chi connectivity index (χ3n) is 5.21. The highest BCUT2D eigenvalue weighted by Gasteiger charge is 2.36. The summed E-state index contributed by atoms with van der Waals surface area (Å²) in [6, 6.07) is 8.19. The summed E-state index contributed by atoms with van der Waals surface area (Å²) in [6.45, 7) is 4.01. The van der Waals surface area contributed by atoms with Gasteiger partial charge in [0.15, 0.2) is 17.8 Å². The summed E-state index contributed by atoms with van der Waals surface area (Å²) in [4.78, 5) is 26.9. The van der Waals surface area contributed by atoms with Gasteiger partial charge in [-0.2, -0.15) is 8.42 Å². The molecule has 1 aromatic heterocycles. The number of fused-ring (bicyclic) bond motifs is 1. The minimum atomic E-state index is -3.74. The molecule has 2 aliphatic rings. The summed E-state index contributed by atoms with van der Waals surface area (Å²) in [6.07, 6.45) is 0.220. The van der Waals surface area contributed by atoms with Crippen molar-refractivity contribution in [3.63, 3.8) is 0 Å². The first-order chi connectivity index (χ1) is 14.7. The van der Waals surface area contributed by atoms with Crippen molar-refractivity contribution < 1.29 is 27.3 Å². The lowest BCUT2D eigenvalue weighted by molar-refractivity contribution is -0.158. The van der Waals surface area contributed by atoms with Crippen molar-refractivity contribution in [3.05, 3.63) is 41.7 Å². The predicted octanol–water partition coefficient (Wildman–Crippen LogP) is 1.71. The highest BCUT2D eigenvalue weighted by Crippen LogP contribution is 2.30. The van der Waals surface area contributed by atoms with Gasteiger partial charge in [-0.05, 0) is 38.8 Å². The SMILES string of the molecule is Cc1cc(NC(=O)[C@H](C)OC(=O)[C@H]2CCCN(C3=NS(=O)(=O)c4ccccc43)C2)no1. The molecule has 1 N–H and O–H groups in total. The van der Waals surface area contributed by atoms with Crippen molar-refractivity contribution in [1.29, 1.82) is 0 Å². The Bertz CT molecular complexity index is 1160. The van der Waals surface area contributed by atoms with Crippen LogP contribution in [-0.4, -0.2) is 55.4 Å². The number of aromatic nitrogens is 1. The van der Waals surface area contributed by atoms with Crippen molar-refractivity contribution in [3.8, 4) is 0 Å². The number of likely N-dealkylation sites (tertiary alicyclic amines) is 1. The molecule has 3 heterocycles. The van der Waals surface area contributed by atoms with E-state index < -0.39 is 33.9 Å². The number of amidine groups is 1. The van der Waals surface area contributed by atoms with Gasteiger partial charge in [0.25, 0.3) is 15.9 Å². The highest BCUT2D eigenvalue weighted by molar-refractivity contribution is 7.90. The zero-order chi connectivity index (χ0) is 22.2. The summed E-state index contributed by atoms with van der Waals surface area (Å²) in [5, 5.41) is 6.20. The molecule has 0 radical (unpaired) electrons. The molecular weight excluding hydrogens is 424 g/mol. The fourth-order valence-electron chi connectivity index (χ4n) is 3.66. The van der Waals surface area contributed by atoms with Crippen molar-refractivity contribution in [2.24, 2.45) is 10.3 Å². The number of nitrogens with zero attached hydrogens (tertiary/aromatic N) is 3. The molecule has 1 fully saturated rings. The monoisotopic (exact) mass is 446 g/mol. The fraction of sp³-hybridized carbons (Fsp3) is 0.400. The van der Waals surface area contributed by atoms with Gasteiger partial charge in [-0.1, -0.05) is 17.3 Å². The number of anilines is 1. The van der Waals surface area contributed by atoms with Gasteiger partial charge in [0.2, 0.25) is 0 Å². The lowest BCUT2D eigenvalue weighted by atomic mass is 9.97. The maximum absolute atomic E-state index is 12.7. The molecule has 0 bridgehead atoms. The Morgan fingerprint density at radius 1 is 1.32 bits per heavy atom. The Hall–Kier alpha value is -3.21. The van der Waals surface area contributed by atoms with Gasteiger partial charge >= 0.3 is 5.97 Å². The number of piperidine rings is 1. The number of carbonyl (C=O) groups is 2. The molecule has 1 saturated heterocycles. The highest BCUT2D eigenvalue weighted by atomic mass is 32.2. The van der Waals surface area contributed by atoms with Gasteiger partial charge in [-0.25, -0.2) is 0 Å². The summed E-state index contributed by atoms with van der Waals surface area (Å²) in [7, 11) is -3.74. The lowest BCUT2D eigenvalue weighted by Gasteiger charge is -2.33. The van der Waals surface area contributed by atoms with E-state index in [2.05, 4.69) is 14.9 Å². The normalized spacial score (nSPS) is 20.5. The van der Waals surface area contributed by atoms with E-state index in [1.54, 1.807) is 36.1 Å². The summed E-state index contributed by atoms with van der Waals surface area (Å²) < 4.78 is 38.8. The molecule has 0 spiro atoms. The first-order valence-corrected chi connectivity index (χ1v) is 11.3. The molecule has 0 aliphatic carbocycles. The number of nitrogens with one attached hydrogen (secondary N) is 1. The second-order valence-corrected chi connectivity index (χ2v) is 9.13. The van der Waals surface area contributed by atoms with E-state index in [9.17, 15) is 18.0 Å². The average Bonchev–Trinajstić information content (AvgIpc) is 3.28. The molecule has 2 aliphatic heterocycles. The number of benzene rings is 1. The van der Waals surface area contributed by atoms with Crippen LogP contribution in [0.2, 0.25) is 0 Å². The van der Waals surface area contributed by atoms with Crippen molar-refractivity contribution in [1.82, 2.24) is 10.1 Å². The van der Waals surface area contributed by atoms with Crippen molar-refractivity contribution in [2.45, 2.75) is 37.7 Å². The van der Waals surface area contributed by atoms with Gasteiger partial charge in [0, 0.05) is 24.7 Å². The molecule has 1 amide bonds. The number of aryl methyl sites for hydroxylation is 1. The average molecular weight is 446 g/mol. The Balaban J connectivity index is 1.41. The van der Waals surface area contributed by atoms with Gasteiger partial charge in [-0.3, -0.25) is 9.59 Å². The maximum Gasteiger partial charge on any atom is 0.311 e. The predicted molar refractivity (Wildman–Crippen MR) is 110 cm³/mol. The van der Waals surface area contributed by atoms with Crippen LogP contribution in [0.1, 0.15) is 31.1 Å². The molecule has 31 heavy (non-hydrogen) atoms. The van der Waals surface area contributed by atoms with Gasteiger partial charge in [-0.15, -0.1) is 4.40 Å². The maximum atomic E-state index is 12.7. The standard InChI is InChI=1S/C20H22N4O6S/c1-12-10-17(22-30-12)21-19(25)13(2)29-20(26)14-6-5-9-24(11-14)18-15-7-3-4-8-16(15)31(27,28)23-18/h3-4,7-8,10,13-14H,5-6,9,11H2,1-2H3,(H,21,22,25)/t13-,14-/m0/s1. The molecule has 10 nitrogen and oxygen atoms in total. The molecule has 2 atom stereocenters. The van der Waals surface area contributed by atoms with E-state index in [-0.39, 0.29) is 17.3 Å². The van der Waals surface area contributed by atoms with E-state index in [1.165, 1.54) is 13.0 Å². The third-order valence-corrected chi connectivity index (χ3v) is 6.53. The smallest absolute Gasteiger partial charge is 0.311 e. The number of ether oxygens (including phenoxy) is 1. The largest absolute Gasteiger partial charge is 0.452 e. The quantitative estimate of drug-likeness (QED) is 0.702.